The molecule has 0 fully saturated rings. The van der Waals surface area contributed by atoms with Crippen molar-refractivity contribution in [1.82, 2.24) is 0 Å². The molecule has 0 aliphatic heterocycles. The lowest BCUT2D eigenvalue weighted by Crippen LogP contribution is -2.30. The molecule has 5 aromatic carbocycles. The molecular weight excluding hydrogens is 535 g/mol. The molecule has 1 nitrogen and oxygen atoms in total. The molecule has 5 rings (SSSR count). The monoisotopic (exact) mass is 550 g/mol. The molecule has 38 heavy (non-hydrogen) atoms. The van der Waals surface area contributed by atoms with Gasteiger partial charge < -0.3 is 4.57 Å². The summed E-state index contributed by atoms with van der Waals surface area (Å²) in [6.07, 6.45) is -9.84. The molecule has 0 amide bonds. The zero-order valence-electron chi connectivity index (χ0n) is 19.0. The SMILES string of the molecule is O=P(c1ccc(C(F)(F)F)cc1F)(c1ccc(C(F)(F)F)cc1F)c1cc2ccccc2c2ccccc12. The highest BCUT2D eigenvalue weighted by molar-refractivity contribution is 7.85. The summed E-state index contributed by atoms with van der Waals surface area (Å²) in [5.41, 5.74) is -2.72. The van der Waals surface area contributed by atoms with Crippen LogP contribution in [-0.4, -0.2) is 0 Å². The van der Waals surface area contributed by atoms with E-state index in [0.29, 0.717) is 40.4 Å². The third-order valence-corrected chi connectivity index (χ3v) is 9.44. The van der Waals surface area contributed by atoms with Gasteiger partial charge >= 0.3 is 12.4 Å². The van der Waals surface area contributed by atoms with Gasteiger partial charge in [0.15, 0.2) is 7.14 Å². The third-order valence-electron chi connectivity index (χ3n) is 6.31. The Morgan fingerprint density at radius 3 is 1.42 bits per heavy atom. The smallest absolute Gasteiger partial charge is 0.308 e. The number of hydrogen-bond acceptors (Lipinski definition) is 1. The molecule has 0 N–H and O–H groups in total. The Morgan fingerprint density at radius 1 is 0.500 bits per heavy atom. The van der Waals surface area contributed by atoms with Gasteiger partial charge in [0.1, 0.15) is 11.6 Å². The molecule has 0 unspecified atom stereocenters. The Bertz CT molecular complexity index is 1690. The summed E-state index contributed by atoms with van der Waals surface area (Å²) < 4.78 is 125. The van der Waals surface area contributed by atoms with Crippen LogP contribution >= 0.6 is 7.14 Å². The van der Waals surface area contributed by atoms with Gasteiger partial charge in [0.05, 0.1) is 21.7 Å². The Hall–Kier alpha value is -3.71. The van der Waals surface area contributed by atoms with Crippen molar-refractivity contribution >= 4 is 44.6 Å². The quantitative estimate of drug-likeness (QED) is 0.127. The number of halogens is 8. The second-order valence-corrected chi connectivity index (χ2v) is 11.3. The van der Waals surface area contributed by atoms with Gasteiger partial charge in [-0.3, -0.25) is 0 Å². The molecule has 0 saturated carbocycles. The number of rotatable bonds is 3. The Labute approximate surface area is 210 Å². The van der Waals surface area contributed by atoms with Crippen molar-refractivity contribution in [1.29, 1.82) is 0 Å². The van der Waals surface area contributed by atoms with Crippen LogP contribution in [0.5, 0.6) is 0 Å². The van der Waals surface area contributed by atoms with Crippen molar-refractivity contribution in [2.45, 2.75) is 12.4 Å². The lowest BCUT2D eigenvalue weighted by Gasteiger charge is -2.24. The van der Waals surface area contributed by atoms with Gasteiger partial charge in [0, 0.05) is 5.30 Å². The van der Waals surface area contributed by atoms with Crippen molar-refractivity contribution in [2.24, 2.45) is 0 Å². The van der Waals surface area contributed by atoms with Crippen LogP contribution in [-0.2, 0) is 16.9 Å². The van der Waals surface area contributed by atoms with E-state index in [2.05, 4.69) is 0 Å². The van der Waals surface area contributed by atoms with Crippen molar-refractivity contribution in [2.75, 3.05) is 0 Å². The normalized spacial score (nSPS) is 12.8. The van der Waals surface area contributed by atoms with Crippen LogP contribution in [0, 0.1) is 11.6 Å². The van der Waals surface area contributed by atoms with Crippen LogP contribution in [0.2, 0.25) is 0 Å². The van der Waals surface area contributed by atoms with E-state index in [4.69, 9.17) is 0 Å². The van der Waals surface area contributed by atoms with Crippen LogP contribution in [0.15, 0.2) is 91.0 Å². The van der Waals surface area contributed by atoms with E-state index in [9.17, 15) is 30.9 Å². The first-order valence-corrected chi connectivity index (χ1v) is 12.8. The molecule has 194 valence electrons. The molecule has 0 aliphatic carbocycles. The molecule has 0 atom stereocenters. The van der Waals surface area contributed by atoms with E-state index in [-0.39, 0.29) is 22.8 Å². The Balaban J connectivity index is 1.91. The van der Waals surface area contributed by atoms with Crippen LogP contribution in [0.3, 0.4) is 0 Å². The molecule has 0 bridgehead atoms. The number of hydrogen-bond donors (Lipinski definition) is 0. The van der Waals surface area contributed by atoms with Crippen LogP contribution < -0.4 is 15.9 Å². The topological polar surface area (TPSA) is 17.1 Å². The molecule has 0 radical (unpaired) electrons. The van der Waals surface area contributed by atoms with Gasteiger partial charge in [-0.25, -0.2) is 8.78 Å². The molecule has 10 heteroatoms. The number of benzene rings is 5. The minimum atomic E-state index is -4.92. The molecule has 0 heterocycles. The largest absolute Gasteiger partial charge is 0.416 e. The Morgan fingerprint density at radius 2 is 0.947 bits per heavy atom. The summed E-state index contributed by atoms with van der Waals surface area (Å²) in [5.74, 6) is -3.06. The first-order valence-electron chi connectivity index (χ1n) is 11.1. The maximum atomic E-state index is 15.4. The highest BCUT2D eigenvalue weighted by Gasteiger charge is 2.40. The first kappa shape index (κ1) is 25.9. The zero-order chi connectivity index (χ0) is 27.5. The predicted octanol–water partition coefficient (Wildman–Crippen LogP) is 7.95. The van der Waals surface area contributed by atoms with Gasteiger partial charge in [-0.1, -0.05) is 48.5 Å². The minimum Gasteiger partial charge on any atom is -0.308 e. The fourth-order valence-corrected chi connectivity index (χ4v) is 7.49. The van der Waals surface area contributed by atoms with E-state index in [1.54, 1.807) is 42.5 Å². The minimum absolute atomic E-state index is 0.121. The molecule has 5 aromatic rings. The average Bonchev–Trinajstić information content (AvgIpc) is 2.86. The van der Waals surface area contributed by atoms with E-state index in [1.807, 2.05) is 0 Å². The highest BCUT2D eigenvalue weighted by atomic mass is 31.2. The average molecular weight is 550 g/mol. The summed E-state index contributed by atoms with van der Waals surface area (Å²) in [7, 11) is -4.73. The van der Waals surface area contributed by atoms with Crippen LogP contribution in [0.4, 0.5) is 35.1 Å². The Kier molecular flexibility index (Phi) is 6.10. The summed E-state index contributed by atoms with van der Waals surface area (Å²) in [6, 6.07) is 17.3. The maximum absolute atomic E-state index is 15.4. The van der Waals surface area contributed by atoms with E-state index in [0.717, 1.165) is 0 Å². The standard InChI is InChI=1S/C28H15F8OP/c29-22-14-17(27(31,32)33)9-11-24(22)38(37,25-12-10-18(15-23(25)30)28(34,35)36)26-13-16-5-1-2-6-19(16)20-7-3-4-8-21(20)26/h1-15H. The number of alkyl halides is 6. The van der Waals surface area contributed by atoms with Gasteiger partial charge in [0.25, 0.3) is 0 Å². The second-order valence-electron chi connectivity index (χ2n) is 8.60. The fraction of sp³-hybridized carbons (Fsp3) is 0.0714. The molecule has 0 aliphatic rings. The molecule has 0 aromatic heterocycles. The van der Waals surface area contributed by atoms with Crippen molar-refractivity contribution in [3.05, 3.63) is 114 Å². The fourth-order valence-electron chi connectivity index (χ4n) is 4.56. The summed E-state index contributed by atoms with van der Waals surface area (Å²) in [6.45, 7) is 0. The zero-order valence-corrected chi connectivity index (χ0v) is 19.9. The van der Waals surface area contributed by atoms with Crippen molar-refractivity contribution < 1.29 is 39.7 Å². The summed E-state index contributed by atoms with van der Waals surface area (Å²) >= 11 is 0. The van der Waals surface area contributed by atoms with Gasteiger partial charge in [-0.15, -0.1) is 0 Å². The van der Waals surface area contributed by atoms with Crippen molar-refractivity contribution in [3.63, 3.8) is 0 Å². The summed E-state index contributed by atoms with van der Waals surface area (Å²) in [5, 5.41) is 0.409. The highest BCUT2D eigenvalue weighted by Crippen LogP contribution is 2.48. The summed E-state index contributed by atoms with van der Waals surface area (Å²) in [4.78, 5) is 0. The van der Waals surface area contributed by atoms with E-state index >= 15 is 8.78 Å². The van der Waals surface area contributed by atoms with E-state index < -0.39 is 52.9 Å². The van der Waals surface area contributed by atoms with E-state index in [1.165, 1.54) is 12.1 Å². The predicted molar refractivity (Wildman–Crippen MR) is 131 cm³/mol. The first-order chi connectivity index (χ1) is 17.8. The van der Waals surface area contributed by atoms with Crippen LogP contribution in [0.1, 0.15) is 11.1 Å². The van der Waals surface area contributed by atoms with Crippen molar-refractivity contribution in [3.8, 4) is 0 Å². The number of fused-ring (bicyclic) bond motifs is 3. The van der Waals surface area contributed by atoms with Gasteiger partial charge in [0.2, 0.25) is 0 Å². The molecule has 0 saturated heterocycles. The lowest BCUT2D eigenvalue weighted by molar-refractivity contribution is -0.138. The second kappa shape index (κ2) is 8.95. The lowest BCUT2D eigenvalue weighted by atomic mass is 10.0. The molecule has 0 spiro atoms. The third kappa shape index (κ3) is 4.25. The van der Waals surface area contributed by atoms with Crippen LogP contribution in [0.25, 0.3) is 21.5 Å². The maximum Gasteiger partial charge on any atom is 0.416 e. The van der Waals surface area contributed by atoms with Gasteiger partial charge in [-0.2, -0.15) is 26.3 Å². The molecular formula is C28H15F8OP. The van der Waals surface area contributed by atoms with Gasteiger partial charge in [-0.05, 0) is 64.0 Å².